The Bertz CT molecular complexity index is 763. The number of benzene rings is 2. The van der Waals surface area contributed by atoms with E-state index in [1.165, 1.54) is 0 Å². The summed E-state index contributed by atoms with van der Waals surface area (Å²) in [4.78, 5) is 26.6. The van der Waals surface area contributed by atoms with Crippen molar-refractivity contribution in [2.75, 3.05) is 0 Å². The van der Waals surface area contributed by atoms with E-state index in [9.17, 15) is 9.59 Å². The van der Waals surface area contributed by atoms with Crippen molar-refractivity contribution >= 4 is 23.4 Å². The van der Waals surface area contributed by atoms with E-state index in [1.807, 2.05) is 55.5 Å². The summed E-state index contributed by atoms with van der Waals surface area (Å²) in [6, 6.07) is 16.7. The number of carbonyl (C=O) groups is 2. The second-order valence-corrected chi connectivity index (χ2v) is 6.72. The Morgan fingerprint density at radius 2 is 1.88 bits per heavy atom. The molecule has 130 valence electrons. The van der Waals surface area contributed by atoms with Gasteiger partial charge in [-0.15, -0.1) is 0 Å². The number of hydrogen-bond donors (Lipinski definition) is 1. The van der Waals surface area contributed by atoms with Crippen LogP contribution in [0.5, 0.6) is 0 Å². The summed E-state index contributed by atoms with van der Waals surface area (Å²) in [7, 11) is 0. The molecular formula is C20H21ClN2O2. The molecule has 5 heteroatoms. The number of amides is 2. The summed E-state index contributed by atoms with van der Waals surface area (Å²) in [6.07, 6.45) is 0.929. The Morgan fingerprint density at radius 3 is 2.60 bits per heavy atom. The first-order valence-electron chi connectivity index (χ1n) is 8.44. The van der Waals surface area contributed by atoms with Crippen molar-refractivity contribution in [3.8, 4) is 0 Å². The molecule has 0 unspecified atom stereocenters. The zero-order chi connectivity index (χ0) is 17.8. The van der Waals surface area contributed by atoms with Gasteiger partial charge in [-0.05, 0) is 30.5 Å². The number of halogens is 1. The lowest BCUT2D eigenvalue weighted by molar-refractivity contribution is -0.136. The standard InChI is InChI=1S/C20H21ClN2O2/c1-14(15-7-3-2-4-8-15)22-20(25)18-11-12-19(24)23(18)13-16-9-5-6-10-17(16)21/h2-10,14,18H,11-13H2,1H3,(H,22,25)/t14-,18+/m1/s1. The quantitative estimate of drug-likeness (QED) is 0.887. The van der Waals surface area contributed by atoms with E-state index in [1.54, 1.807) is 11.0 Å². The minimum atomic E-state index is -0.449. The average molecular weight is 357 g/mol. The Balaban J connectivity index is 1.70. The van der Waals surface area contributed by atoms with Crippen LogP contribution in [0.3, 0.4) is 0 Å². The summed E-state index contributed by atoms with van der Waals surface area (Å²) in [6.45, 7) is 2.30. The molecule has 2 amide bonds. The third-order valence-corrected chi connectivity index (χ3v) is 4.96. The van der Waals surface area contributed by atoms with Crippen LogP contribution in [0.1, 0.15) is 36.9 Å². The maximum absolute atomic E-state index is 12.7. The van der Waals surface area contributed by atoms with E-state index >= 15 is 0 Å². The lowest BCUT2D eigenvalue weighted by atomic mass is 10.1. The van der Waals surface area contributed by atoms with Gasteiger partial charge in [0.1, 0.15) is 6.04 Å². The van der Waals surface area contributed by atoms with Crippen molar-refractivity contribution in [3.05, 3.63) is 70.7 Å². The molecule has 0 saturated carbocycles. The van der Waals surface area contributed by atoms with Crippen LogP contribution >= 0.6 is 11.6 Å². The normalized spacial score (nSPS) is 18.2. The molecule has 1 aliphatic heterocycles. The zero-order valence-electron chi connectivity index (χ0n) is 14.1. The molecule has 1 heterocycles. The van der Waals surface area contributed by atoms with Crippen LogP contribution in [0, 0.1) is 0 Å². The number of nitrogens with zero attached hydrogens (tertiary/aromatic N) is 1. The SMILES string of the molecule is C[C@@H](NC(=O)[C@@H]1CCC(=O)N1Cc1ccccc1Cl)c1ccccc1. The van der Waals surface area contributed by atoms with Gasteiger partial charge in [0.2, 0.25) is 11.8 Å². The molecule has 25 heavy (non-hydrogen) atoms. The van der Waals surface area contributed by atoms with Gasteiger partial charge < -0.3 is 10.2 Å². The lowest BCUT2D eigenvalue weighted by Gasteiger charge is -2.26. The average Bonchev–Trinajstić information content (AvgIpc) is 2.98. The van der Waals surface area contributed by atoms with Crippen LogP contribution in [0.2, 0.25) is 5.02 Å². The third-order valence-electron chi connectivity index (χ3n) is 4.59. The molecule has 2 aromatic carbocycles. The molecule has 0 radical (unpaired) electrons. The third kappa shape index (κ3) is 4.02. The molecule has 3 rings (SSSR count). The lowest BCUT2D eigenvalue weighted by Crippen LogP contribution is -2.45. The number of nitrogens with one attached hydrogen (secondary N) is 1. The van der Waals surface area contributed by atoms with E-state index < -0.39 is 6.04 Å². The monoisotopic (exact) mass is 356 g/mol. The van der Waals surface area contributed by atoms with E-state index in [2.05, 4.69) is 5.32 Å². The first-order valence-corrected chi connectivity index (χ1v) is 8.82. The summed E-state index contributed by atoms with van der Waals surface area (Å²) < 4.78 is 0. The maximum Gasteiger partial charge on any atom is 0.243 e. The fourth-order valence-corrected chi connectivity index (χ4v) is 3.34. The second-order valence-electron chi connectivity index (χ2n) is 6.31. The first-order chi connectivity index (χ1) is 12.1. The smallest absolute Gasteiger partial charge is 0.243 e. The molecule has 0 bridgehead atoms. The van der Waals surface area contributed by atoms with E-state index in [-0.39, 0.29) is 17.9 Å². The van der Waals surface area contributed by atoms with Gasteiger partial charge in [-0.2, -0.15) is 0 Å². The topological polar surface area (TPSA) is 49.4 Å². The predicted octanol–water partition coefficient (Wildman–Crippen LogP) is 3.71. The van der Waals surface area contributed by atoms with E-state index in [4.69, 9.17) is 11.6 Å². The largest absolute Gasteiger partial charge is 0.348 e. The van der Waals surface area contributed by atoms with Crippen molar-refractivity contribution in [1.82, 2.24) is 10.2 Å². The zero-order valence-corrected chi connectivity index (χ0v) is 14.9. The van der Waals surface area contributed by atoms with Gasteiger partial charge in [0.05, 0.1) is 6.04 Å². The van der Waals surface area contributed by atoms with Crippen molar-refractivity contribution < 1.29 is 9.59 Å². The molecule has 2 aromatic rings. The first kappa shape index (κ1) is 17.5. The molecule has 0 aliphatic carbocycles. The highest BCUT2D eigenvalue weighted by molar-refractivity contribution is 6.31. The number of rotatable bonds is 5. The number of carbonyl (C=O) groups excluding carboxylic acids is 2. The Morgan fingerprint density at radius 1 is 1.20 bits per heavy atom. The summed E-state index contributed by atoms with van der Waals surface area (Å²) in [5.74, 6) is -0.123. The highest BCUT2D eigenvalue weighted by Gasteiger charge is 2.36. The molecule has 1 N–H and O–H groups in total. The Kier molecular flexibility index (Phi) is 5.39. The van der Waals surface area contributed by atoms with Gasteiger partial charge in [-0.3, -0.25) is 9.59 Å². The van der Waals surface area contributed by atoms with Gasteiger partial charge in [0.25, 0.3) is 0 Å². The molecule has 1 fully saturated rings. The summed E-state index contributed by atoms with van der Waals surface area (Å²) >= 11 is 6.20. The summed E-state index contributed by atoms with van der Waals surface area (Å²) in [5.41, 5.74) is 1.89. The molecule has 0 spiro atoms. The van der Waals surface area contributed by atoms with Gasteiger partial charge in [-0.1, -0.05) is 60.1 Å². The van der Waals surface area contributed by atoms with Crippen LogP contribution in [0.15, 0.2) is 54.6 Å². The molecule has 4 nitrogen and oxygen atoms in total. The van der Waals surface area contributed by atoms with Crippen molar-refractivity contribution in [2.24, 2.45) is 0 Å². The van der Waals surface area contributed by atoms with Crippen LogP contribution in [-0.2, 0) is 16.1 Å². The second kappa shape index (κ2) is 7.70. The van der Waals surface area contributed by atoms with Crippen LogP contribution in [0.25, 0.3) is 0 Å². The van der Waals surface area contributed by atoms with Gasteiger partial charge in [0.15, 0.2) is 0 Å². The number of likely N-dealkylation sites (tertiary alicyclic amines) is 1. The van der Waals surface area contributed by atoms with Crippen molar-refractivity contribution in [1.29, 1.82) is 0 Å². The molecule has 1 saturated heterocycles. The van der Waals surface area contributed by atoms with Gasteiger partial charge in [0, 0.05) is 18.0 Å². The number of hydrogen-bond acceptors (Lipinski definition) is 2. The molecule has 1 aliphatic rings. The van der Waals surface area contributed by atoms with E-state index in [0.29, 0.717) is 24.4 Å². The fourth-order valence-electron chi connectivity index (χ4n) is 3.15. The van der Waals surface area contributed by atoms with Crippen LogP contribution in [-0.4, -0.2) is 22.8 Å². The minimum Gasteiger partial charge on any atom is -0.348 e. The van der Waals surface area contributed by atoms with Crippen molar-refractivity contribution in [3.63, 3.8) is 0 Å². The predicted molar refractivity (Wildman–Crippen MR) is 98.0 cm³/mol. The Hall–Kier alpha value is -2.33. The summed E-state index contributed by atoms with van der Waals surface area (Å²) in [5, 5.41) is 3.63. The highest BCUT2D eigenvalue weighted by Crippen LogP contribution is 2.25. The molecule has 0 aromatic heterocycles. The van der Waals surface area contributed by atoms with Gasteiger partial charge >= 0.3 is 0 Å². The maximum atomic E-state index is 12.7. The van der Waals surface area contributed by atoms with E-state index in [0.717, 1.165) is 11.1 Å². The van der Waals surface area contributed by atoms with Crippen molar-refractivity contribution in [2.45, 2.75) is 38.4 Å². The minimum absolute atomic E-state index is 0.00701. The van der Waals surface area contributed by atoms with Crippen LogP contribution in [0.4, 0.5) is 0 Å². The molecule has 2 atom stereocenters. The van der Waals surface area contributed by atoms with Gasteiger partial charge in [-0.25, -0.2) is 0 Å². The Labute approximate surface area is 152 Å². The molecular weight excluding hydrogens is 336 g/mol. The van der Waals surface area contributed by atoms with Crippen LogP contribution < -0.4 is 5.32 Å². The highest BCUT2D eigenvalue weighted by atomic mass is 35.5. The fraction of sp³-hybridized carbons (Fsp3) is 0.300.